The fourth-order valence-electron chi connectivity index (χ4n) is 1.88. The minimum atomic E-state index is -0.312. The highest BCUT2D eigenvalue weighted by molar-refractivity contribution is 5.81. The molecule has 1 saturated heterocycles. The summed E-state index contributed by atoms with van der Waals surface area (Å²) in [5, 5.41) is 9.07. The second-order valence-electron chi connectivity index (χ2n) is 4.12. The van der Waals surface area contributed by atoms with E-state index in [9.17, 15) is 4.79 Å². The van der Waals surface area contributed by atoms with Gasteiger partial charge in [0.1, 0.15) is 0 Å². The fraction of sp³-hybridized carbons (Fsp3) is 0.750. The number of carbonyl (C=O) groups excluding carboxylic acids is 1. The summed E-state index contributed by atoms with van der Waals surface area (Å²) in [6.07, 6.45) is 3.20. The van der Waals surface area contributed by atoms with E-state index in [1.807, 2.05) is 6.92 Å². The van der Waals surface area contributed by atoms with E-state index >= 15 is 0 Å². The molecule has 98 valence electrons. The molecule has 5 nitrogen and oxygen atoms in total. The lowest BCUT2D eigenvalue weighted by Crippen LogP contribution is -2.47. The Morgan fingerprint density at radius 3 is 3.00 bits per heavy atom. The van der Waals surface area contributed by atoms with E-state index in [4.69, 9.17) is 14.6 Å². The topological polar surface area (TPSA) is 59.0 Å². The van der Waals surface area contributed by atoms with Crippen molar-refractivity contribution in [3.63, 3.8) is 0 Å². The molecule has 1 heterocycles. The molecule has 0 spiro atoms. The van der Waals surface area contributed by atoms with Gasteiger partial charge < -0.3 is 14.6 Å². The number of nitrogens with zero attached hydrogens (tertiary/aromatic N) is 1. The standard InChI is InChI=1S/C12H21NO4/c1-3-16-12(15)5-4-6-13-7-10(2)17-11(8-13)9-14/h4-5,10-11,14H,3,6-9H2,1-2H3/b5-4+. The summed E-state index contributed by atoms with van der Waals surface area (Å²) in [4.78, 5) is 13.2. The molecule has 0 aliphatic carbocycles. The van der Waals surface area contributed by atoms with Gasteiger partial charge in [-0.25, -0.2) is 4.79 Å². The fourth-order valence-corrected chi connectivity index (χ4v) is 1.88. The van der Waals surface area contributed by atoms with Gasteiger partial charge in [-0.3, -0.25) is 4.90 Å². The SMILES string of the molecule is CCOC(=O)/C=C/CN1CC(C)OC(CO)C1. The van der Waals surface area contributed by atoms with Gasteiger partial charge in [-0.1, -0.05) is 6.08 Å². The highest BCUT2D eigenvalue weighted by atomic mass is 16.5. The Labute approximate surface area is 102 Å². The largest absolute Gasteiger partial charge is 0.463 e. The van der Waals surface area contributed by atoms with Gasteiger partial charge in [0.25, 0.3) is 0 Å². The molecule has 2 unspecified atom stereocenters. The molecule has 0 amide bonds. The highest BCUT2D eigenvalue weighted by Gasteiger charge is 2.23. The van der Waals surface area contributed by atoms with Crippen molar-refractivity contribution in [3.05, 3.63) is 12.2 Å². The van der Waals surface area contributed by atoms with Crippen LogP contribution in [0.25, 0.3) is 0 Å². The summed E-state index contributed by atoms with van der Waals surface area (Å²) >= 11 is 0. The van der Waals surface area contributed by atoms with E-state index in [0.29, 0.717) is 19.7 Å². The van der Waals surface area contributed by atoms with Crippen molar-refractivity contribution >= 4 is 5.97 Å². The van der Waals surface area contributed by atoms with Crippen molar-refractivity contribution in [2.24, 2.45) is 0 Å². The number of morpholine rings is 1. The number of hydrogen-bond acceptors (Lipinski definition) is 5. The first kappa shape index (κ1) is 14.2. The molecule has 1 aliphatic rings. The Morgan fingerprint density at radius 1 is 1.59 bits per heavy atom. The number of aliphatic hydroxyl groups is 1. The van der Waals surface area contributed by atoms with Gasteiger partial charge in [0.2, 0.25) is 0 Å². The summed E-state index contributed by atoms with van der Waals surface area (Å²) in [5.74, 6) is -0.312. The number of ether oxygens (including phenoxy) is 2. The summed E-state index contributed by atoms with van der Waals surface area (Å²) in [6.45, 7) is 6.35. The molecule has 1 aliphatic heterocycles. The maximum Gasteiger partial charge on any atom is 0.330 e. The molecule has 0 aromatic heterocycles. The summed E-state index contributed by atoms with van der Waals surface area (Å²) in [7, 11) is 0. The van der Waals surface area contributed by atoms with Gasteiger partial charge >= 0.3 is 5.97 Å². The minimum absolute atomic E-state index is 0.0302. The van der Waals surface area contributed by atoms with Gasteiger partial charge in [-0.05, 0) is 13.8 Å². The average molecular weight is 243 g/mol. The van der Waals surface area contributed by atoms with Crippen molar-refractivity contribution < 1.29 is 19.4 Å². The zero-order valence-corrected chi connectivity index (χ0v) is 10.5. The van der Waals surface area contributed by atoms with Crippen molar-refractivity contribution in [2.75, 3.05) is 32.8 Å². The van der Waals surface area contributed by atoms with Crippen LogP contribution in [-0.4, -0.2) is 61.0 Å². The van der Waals surface area contributed by atoms with Crippen LogP contribution in [0.1, 0.15) is 13.8 Å². The second kappa shape index (κ2) is 7.42. The number of rotatable bonds is 5. The van der Waals surface area contributed by atoms with Crippen LogP contribution in [0.3, 0.4) is 0 Å². The van der Waals surface area contributed by atoms with Crippen LogP contribution < -0.4 is 0 Å². The molecule has 5 heteroatoms. The molecule has 2 atom stereocenters. The molecular formula is C12H21NO4. The lowest BCUT2D eigenvalue weighted by Gasteiger charge is -2.35. The van der Waals surface area contributed by atoms with Gasteiger partial charge in [0, 0.05) is 25.7 Å². The van der Waals surface area contributed by atoms with Crippen LogP contribution in [0.4, 0.5) is 0 Å². The normalized spacial score (nSPS) is 26.3. The van der Waals surface area contributed by atoms with Gasteiger partial charge in [-0.15, -0.1) is 0 Å². The van der Waals surface area contributed by atoms with E-state index in [-0.39, 0.29) is 24.8 Å². The van der Waals surface area contributed by atoms with E-state index < -0.39 is 0 Å². The molecule has 0 saturated carbocycles. The monoisotopic (exact) mass is 243 g/mol. The predicted molar refractivity (Wildman–Crippen MR) is 63.6 cm³/mol. The summed E-state index contributed by atoms with van der Waals surface area (Å²) in [6, 6.07) is 0. The Bertz CT molecular complexity index is 267. The lowest BCUT2D eigenvalue weighted by atomic mass is 10.2. The zero-order valence-electron chi connectivity index (χ0n) is 10.5. The third kappa shape index (κ3) is 5.30. The molecule has 1 rings (SSSR count). The maximum absolute atomic E-state index is 11.1. The van der Waals surface area contributed by atoms with Crippen molar-refractivity contribution in [1.82, 2.24) is 4.90 Å². The molecular weight excluding hydrogens is 222 g/mol. The van der Waals surface area contributed by atoms with Crippen molar-refractivity contribution in [3.8, 4) is 0 Å². The predicted octanol–water partition coefficient (Wildman–Crippen LogP) is 0.187. The molecule has 17 heavy (non-hydrogen) atoms. The van der Waals surface area contributed by atoms with Gasteiger partial charge in [-0.2, -0.15) is 0 Å². The Balaban J connectivity index is 2.33. The molecule has 0 aromatic rings. The molecule has 0 bridgehead atoms. The first-order chi connectivity index (χ1) is 8.15. The number of carbonyl (C=O) groups is 1. The van der Waals surface area contributed by atoms with E-state index in [0.717, 1.165) is 6.54 Å². The van der Waals surface area contributed by atoms with Crippen LogP contribution in [0.15, 0.2) is 12.2 Å². The van der Waals surface area contributed by atoms with Crippen LogP contribution in [0.5, 0.6) is 0 Å². The van der Waals surface area contributed by atoms with Gasteiger partial charge in [0.15, 0.2) is 0 Å². The minimum Gasteiger partial charge on any atom is -0.463 e. The quantitative estimate of drug-likeness (QED) is 0.551. The zero-order chi connectivity index (χ0) is 12.7. The van der Waals surface area contributed by atoms with Crippen LogP contribution >= 0.6 is 0 Å². The lowest BCUT2D eigenvalue weighted by molar-refractivity contribution is -0.137. The van der Waals surface area contributed by atoms with Crippen LogP contribution in [-0.2, 0) is 14.3 Å². The first-order valence-electron chi connectivity index (χ1n) is 5.97. The Kier molecular flexibility index (Phi) is 6.18. The first-order valence-corrected chi connectivity index (χ1v) is 5.97. The number of hydrogen-bond donors (Lipinski definition) is 1. The second-order valence-corrected chi connectivity index (χ2v) is 4.12. The van der Waals surface area contributed by atoms with E-state index in [1.165, 1.54) is 6.08 Å². The highest BCUT2D eigenvalue weighted by Crippen LogP contribution is 2.10. The average Bonchev–Trinajstić information content (AvgIpc) is 2.28. The maximum atomic E-state index is 11.1. The molecule has 0 radical (unpaired) electrons. The Hall–Kier alpha value is -0.910. The van der Waals surface area contributed by atoms with Crippen LogP contribution in [0.2, 0.25) is 0 Å². The summed E-state index contributed by atoms with van der Waals surface area (Å²) < 4.78 is 10.3. The van der Waals surface area contributed by atoms with E-state index in [1.54, 1.807) is 13.0 Å². The smallest absolute Gasteiger partial charge is 0.330 e. The Morgan fingerprint density at radius 2 is 2.35 bits per heavy atom. The van der Waals surface area contributed by atoms with Crippen molar-refractivity contribution in [1.29, 1.82) is 0 Å². The molecule has 0 aromatic carbocycles. The molecule has 1 fully saturated rings. The van der Waals surface area contributed by atoms with Crippen molar-refractivity contribution in [2.45, 2.75) is 26.1 Å². The summed E-state index contributed by atoms with van der Waals surface area (Å²) in [5.41, 5.74) is 0. The number of esters is 1. The third-order valence-corrected chi connectivity index (χ3v) is 2.51. The van der Waals surface area contributed by atoms with E-state index in [2.05, 4.69) is 4.90 Å². The number of aliphatic hydroxyl groups excluding tert-OH is 1. The third-order valence-electron chi connectivity index (χ3n) is 2.51. The van der Waals surface area contributed by atoms with Gasteiger partial charge in [0.05, 0.1) is 25.4 Å². The molecule has 1 N–H and O–H groups in total. The van der Waals surface area contributed by atoms with Crippen LogP contribution in [0, 0.1) is 0 Å².